The summed E-state index contributed by atoms with van der Waals surface area (Å²) in [5, 5.41) is 10.9. The molecule has 0 radical (unpaired) electrons. The Morgan fingerprint density at radius 2 is 1.82 bits per heavy atom. The average Bonchev–Trinajstić information content (AvgIpc) is 3.25. The maximum atomic E-state index is 12.8. The minimum absolute atomic E-state index is 0.0280. The van der Waals surface area contributed by atoms with Crippen LogP contribution in [0.1, 0.15) is 16.2 Å². The van der Waals surface area contributed by atoms with E-state index in [1.165, 1.54) is 18.2 Å². The normalized spacial score (nSPS) is 13.0. The van der Waals surface area contributed by atoms with E-state index in [2.05, 4.69) is 20.2 Å². The number of nitrogens with one attached hydrogen (secondary N) is 2. The number of carbonyl (C=O) groups excluding carboxylic acids is 1. The average molecular weight is 465 g/mol. The predicted molar refractivity (Wildman–Crippen MR) is 119 cm³/mol. The Kier molecular flexibility index (Phi) is 5.31. The fraction of sp³-hybridized carbons (Fsp3) is 0.136. The molecular formula is C22H19N5O5S. The Balaban J connectivity index is 1.30. The SMILES string of the molecule is O=C(NCc1nnc2ccccn12)c1cccc(NS(=O)(=O)c2ccc3c(c2)OCCO3)c1. The first-order chi connectivity index (χ1) is 16.0. The van der Waals surface area contributed by atoms with Crippen LogP contribution in [0.5, 0.6) is 11.5 Å². The van der Waals surface area contributed by atoms with Crippen molar-refractivity contribution in [3.63, 3.8) is 0 Å². The molecule has 0 atom stereocenters. The number of hydrogen-bond donors (Lipinski definition) is 2. The number of ether oxygens (including phenoxy) is 2. The highest BCUT2D eigenvalue weighted by Gasteiger charge is 2.20. The van der Waals surface area contributed by atoms with Gasteiger partial charge in [0.1, 0.15) is 13.2 Å². The van der Waals surface area contributed by atoms with Crippen LogP contribution in [-0.2, 0) is 16.6 Å². The van der Waals surface area contributed by atoms with Gasteiger partial charge in [0.25, 0.3) is 15.9 Å². The van der Waals surface area contributed by atoms with Gasteiger partial charge in [-0.1, -0.05) is 12.1 Å². The number of amides is 1. The molecule has 3 heterocycles. The summed E-state index contributed by atoms with van der Waals surface area (Å²) in [6, 6.07) is 16.2. The minimum atomic E-state index is -3.90. The smallest absolute Gasteiger partial charge is 0.262 e. The summed E-state index contributed by atoms with van der Waals surface area (Å²) < 4.78 is 40.9. The minimum Gasteiger partial charge on any atom is -0.486 e. The lowest BCUT2D eigenvalue weighted by Gasteiger charge is -2.19. The first-order valence-electron chi connectivity index (χ1n) is 10.1. The molecule has 2 aromatic carbocycles. The molecule has 11 heteroatoms. The first kappa shape index (κ1) is 20.8. The molecule has 10 nitrogen and oxygen atoms in total. The monoisotopic (exact) mass is 465 g/mol. The number of hydrogen-bond acceptors (Lipinski definition) is 7. The zero-order valence-electron chi connectivity index (χ0n) is 17.3. The zero-order chi connectivity index (χ0) is 22.8. The lowest BCUT2D eigenvalue weighted by atomic mass is 10.2. The van der Waals surface area contributed by atoms with Crippen LogP contribution >= 0.6 is 0 Å². The van der Waals surface area contributed by atoms with Gasteiger partial charge in [0.2, 0.25) is 0 Å². The van der Waals surface area contributed by atoms with E-state index in [-0.39, 0.29) is 23.0 Å². The van der Waals surface area contributed by atoms with E-state index in [0.717, 1.165) is 0 Å². The third-order valence-corrected chi connectivity index (χ3v) is 6.37. The van der Waals surface area contributed by atoms with Gasteiger partial charge in [0.15, 0.2) is 23.0 Å². The van der Waals surface area contributed by atoms with Crippen molar-refractivity contribution >= 4 is 27.3 Å². The summed E-state index contributed by atoms with van der Waals surface area (Å²) in [6.45, 7) is 0.933. The molecule has 0 spiro atoms. The number of anilines is 1. The van der Waals surface area contributed by atoms with Gasteiger partial charge in [-0.05, 0) is 42.5 Å². The van der Waals surface area contributed by atoms with Gasteiger partial charge < -0.3 is 14.8 Å². The Morgan fingerprint density at radius 1 is 0.970 bits per heavy atom. The van der Waals surface area contributed by atoms with Gasteiger partial charge in [0.05, 0.1) is 11.4 Å². The Bertz CT molecular complexity index is 1450. The van der Waals surface area contributed by atoms with E-state index < -0.39 is 10.0 Å². The molecule has 0 saturated heterocycles. The number of benzene rings is 2. The number of nitrogens with zero attached hydrogens (tertiary/aromatic N) is 3. The molecule has 2 N–H and O–H groups in total. The molecule has 0 aliphatic carbocycles. The second kappa shape index (κ2) is 8.43. The van der Waals surface area contributed by atoms with Gasteiger partial charge in [-0.15, -0.1) is 10.2 Å². The molecule has 0 bridgehead atoms. The van der Waals surface area contributed by atoms with Crippen molar-refractivity contribution in [3.05, 3.63) is 78.2 Å². The summed E-state index contributed by atoms with van der Waals surface area (Å²) >= 11 is 0. The molecule has 168 valence electrons. The Morgan fingerprint density at radius 3 is 2.70 bits per heavy atom. The van der Waals surface area contributed by atoms with Crippen molar-refractivity contribution in [2.24, 2.45) is 0 Å². The molecule has 1 amide bonds. The van der Waals surface area contributed by atoms with Crippen LogP contribution in [0.4, 0.5) is 5.69 Å². The van der Waals surface area contributed by atoms with Crippen LogP contribution in [0, 0.1) is 0 Å². The topological polar surface area (TPSA) is 124 Å². The molecular weight excluding hydrogens is 446 g/mol. The van der Waals surface area contributed by atoms with E-state index in [0.29, 0.717) is 41.7 Å². The third kappa shape index (κ3) is 4.30. The van der Waals surface area contributed by atoms with Gasteiger partial charge in [-0.3, -0.25) is 13.9 Å². The highest BCUT2D eigenvalue weighted by atomic mass is 32.2. The number of pyridine rings is 1. The van der Waals surface area contributed by atoms with Crippen LogP contribution in [0.15, 0.2) is 71.8 Å². The highest BCUT2D eigenvalue weighted by molar-refractivity contribution is 7.92. The predicted octanol–water partition coefficient (Wildman–Crippen LogP) is 2.23. The Hall–Kier alpha value is -4.12. The maximum Gasteiger partial charge on any atom is 0.262 e. The fourth-order valence-corrected chi connectivity index (χ4v) is 4.47. The Labute approximate surface area is 189 Å². The third-order valence-electron chi connectivity index (χ3n) is 4.99. The first-order valence-corrected chi connectivity index (χ1v) is 11.6. The summed E-state index contributed by atoms with van der Waals surface area (Å²) in [5.74, 6) is 1.08. The van der Waals surface area contributed by atoms with Crippen molar-refractivity contribution in [2.75, 3.05) is 17.9 Å². The van der Waals surface area contributed by atoms with Crippen LogP contribution in [-0.4, -0.2) is 42.1 Å². The van der Waals surface area contributed by atoms with Crippen LogP contribution in [0.2, 0.25) is 0 Å². The maximum absolute atomic E-state index is 12.8. The van der Waals surface area contributed by atoms with Crippen molar-refractivity contribution < 1.29 is 22.7 Å². The molecule has 33 heavy (non-hydrogen) atoms. The van der Waals surface area contributed by atoms with Gasteiger partial charge in [-0.25, -0.2) is 8.42 Å². The van der Waals surface area contributed by atoms with E-state index in [1.54, 1.807) is 28.7 Å². The number of fused-ring (bicyclic) bond motifs is 2. The van der Waals surface area contributed by atoms with E-state index >= 15 is 0 Å². The van der Waals surface area contributed by atoms with Gasteiger partial charge in [-0.2, -0.15) is 0 Å². The van der Waals surface area contributed by atoms with Gasteiger partial charge in [0, 0.05) is 23.5 Å². The summed E-state index contributed by atoms with van der Waals surface area (Å²) in [6.07, 6.45) is 1.81. The molecule has 0 unspecified atom stereocenters. The molecule has 0 fully saturated rings. The number of rotatable bonds is 6. The largest absolute Gasteiger partial charge is 0.486 e. The quantitative estimate of drug-likeness (QED) is 0.447. The number of aromatic nitrogens is 3. The summed E-state index contributed by atoms with van der Waals surface area (Å²) in [7, 11) is -3.90. The summed E-state index contributed by atoms with van der Waals surface area (Å²) in [4.78, 5) is 12.7. The molecule has 1 aliphatic heterocycles. The standard InChI is InChI=1S/C22H19N5O5S/c28-22(23-14-21-25-24-20-6-1-2-9-27(20)21)15-4-3-5-16(12-15)26-33(29,30)17-7-8-18-19(13-17)32-11-10-31-18/h1-9,12-13,26H,10-11,14H2,(H,23,28). The number of sulfonamides is 1. The summed E-state index contributed by atoms with van der Waals surface area (Å²) in [5.41, 5.74) is 1.23. The van der Waals surface area contributed by atoms with Gasteiger partial charge >= 0.3 is 0 Å². The molecule has 0 saturated carbocycles. The molecule has 1 aliphatic rings. The fourth-order valence-electron chi connectivity index (χ4n) is 3.40. The molecule has 4 aromatic rings. The molecule has 2 aromatic heterocycles. The lowest BCUT2D eigenvalue weighted by molar-refractivity contribution is 0.0950. The second-order valence-electron chi connectivity index (χ2n) is 7.22. The van der Waals surface area contributed by atoms with E-state index in [9.17, 15) is 13.2 Å². The number of carbonyl (C=O) groups is 1. The lowest BCUT2D eigenvalue weighted by Crippen LogP contribution is -2.24. The zero-order valence-corrected chi connectivity index (χ0v) is 18.1. The van der Waals surface area contributed by atoms with E-state index in [1.807, 2.05) is 24.4 Å². The molecule has 5 rings (SSSR count). The van der Waals surface area contributed by atoms with Crippen LogP contribution in [0.25, 0.3) is 5.65 Å². The highest BCUT2D eigenvalue weighted by Crippen LogP contribution is 2.32. The van der Waals surface area contributed by atoms with Crippen LogP contribution in [0.3, 0.4) is 0 Å². The van der Waals surface area contributed by atoms with Crippen molar-refractivity contribution in [2.45, 2.75) is 11.4 Å². The van der Waals surface area contributed by atoms with Crippen molar-refractivity contribution in [3.8, 4) is 11.5 Å². The van der Waals surface area contributed by atoms with E-state index in [4.69, 9.17) is 9.47 Å². The van der Waals surface area contributed by atoms with Crippen LogP contribution < -0.4 is 19.5 Å². The van der Waals surface area contributed by atoms with Crippen molar-refractivity contribution in [1.29, 1.82) is 0 Å². The van der Waals surface area contributed by atoms with Crippen molar-refractivity contribution in [1.82, 2.24) is 19.9 Å². The second-order valence-corrected chi connectivity index (χ2v) is 8.90.